The lowest BCUT2D eigenvalue weighted by molar-refractivity contribution is -0.140. The molecule has 1 heterocycles. The second-order valence-corrected chi connectivity index (χ2v) is 8.99. The fourth-order valence-corrected chi connectivity index (χ4v) is 5.09. The molecule has 1 saturated heterocycles. The number of benzene rings is 2. The molecule has 3 aliphatic rings. The summed E-state index contributed by atoms with van der Waals surface area (Å²) in [4.78, 5) is 14.4. The number of nitrogens with zero attached hydrogens (tertiary/aromatic N) is 2. The van der Waals surface area contributed by atoms with Crippen molar-refractivity contribution in [3.63, 3.8) is 0 Å². The fourth-order valence-electron chi connectivity index (χ4n) is 5.09. The minimum absolute atomic E-state index is 0.0751. The monoisotopic (exact) mass is 419 g/mol. The average Bonchev–Trinajstić information content (AvgIpc) is 2.67. The minimum atomic E-state index is -0.771. The number of nitriles is 1. The molecule has 4 N–H and O–H groups in total. The van der Waals surface area contributed by atoms with Gasteiger partial charge in [-0.2, -0.15) is 5.26 Å². The zero-order valence-corrected chi connectivity index (χ0v) is 17.0. The molecule has 2 aromatic carbocycles. The SMILES string of the molecule is C[C@]1(O)C[C@@H](N2C(=N)N[C@]3(CC2=O)Cc2c(Nc4ccc(F)cc4C#N)cccc23)C1. The van der Waals surface area contributed by atoms with Gasteiger partial charge in [-0.1, -0.05) is 12.1 Å². The van der Waals surface area contributed by atoms with E-state index in [0.717, 1.165) is 16.8 Å². The smallest absolute Gasteiger partial charge is 0.232 e. The van der Waals surface area contributed by atoms with E-state index in [2.05, 4.69) is 10.6 Å². The molecule has 0 bridgehead atoms. The van der Waals surface area contributed by atoms with Gasteiger partial charge in [-0.15, -0.1) is 0 Å². The first-order valence-corrected chi connectivity index (χ1v) is 10.2. The van der Waals surface area contributed by atoms with Crippen LogP contribution in [0.5, 0.6) is 0 Å². The molecule has 8 heteroatoms. The lowest BCUT2D eigenvalue weighted by Crippen LogP contribution is -2.69. The highest BCUT2D eigenvalue weighted by atomic mass is 19.1. The van der Waals surface area contributed by atoms with E-state index in [0.29, 0.717) is 24.9 Å². The Bertz CT molecular complexity index is 1140. The third-order valence-electron chi connectivity index (χ3n) is 6.58. The number of rotatable bonds is 3. The Morgan fingerprint density at radius 3 is 2.74 bits per heavy atom. The van der Waals surface area contributed by atoms with Gasteiger partial charge in [0.1, 0.15) is 11.9 Å². The summed E-state index contributed by atoms with van der Waals surface area (Å²) in [6, 6.07) is 11.6. The normalized spacial score (nSPS) is 28.8. The summed E-state index contributed by atoms with van der Waals surface area (Å²) in [6.45, 7) is 1.74. The largest absolute Gasteiger partial charge is 0.390 e. The van der Waals surface area contributed by atoms with Crippen molar-refractivity contribution in [3.05, 3.63) is 58.9 Å². The van der Waals surface area contributed by atoms with Gasteiger partial charge in [0.25, 0.3) is 0 Å². The Labute approximate surface area is 179 Å². The second kappa shape index (κ2) is 6.53. The van der Waals surface area contributed by atoms with Gasteiger partial charge in [-0.05, 0) is 55.2 Å². The van der Waals surface area contributed by atoms with Crippen LogP contribution in [0.1, 0.15) is 42.9 Å². The van der Waals surface area contributed by atoms with E-state index in [1.807, 2.05) is 24.3 Å². The molecule has 0 radical (unpaired) electrons. The number of carbonyl (C=O) groups is 1. The number of nitrogens with one attached hydrogen (secondary N) is 3. The summed E-state index contributed by atoms with van der Waals surface area (Å²) in [6.07, 6.45) is 1.74. The first kappa shape index (κ1) is 19.5. The molecule has 1 atom stereocenters. The van der Waals surface area contributed by atoms with Gasteiger partial charge in [0, 0.05) is 18.2 Å². The number of halogens is 1. The van der Waals surface area contributed by atoms with Crippen LogP contribution in [-0.4, -0.2) is 33.5 Å². The summed E-state index contributed by atoms with van der Waals surface area (Å²) >= 11 is 0. The summed E-state index contributed by atoms with van der Waals surface area (Å²) in [5, 5.41) is 34.2. The second-order valence-electron chi connectivity index (χ2n) is 8.99. The molecule has 1 aliphatic heterocycles. The van der Waals surface area contributed by atoms with Crippen LogP contribution in [0.2, 0.25) is 0 Å². The van der Waals surface area contributed by atoms with E-state index < -0.39 is 17.0 Å². The quantitative estimate of drug-likeness (QED) is 0.611. The van der Waals surface area contributed by atoms with Gasteiger partial charge in [-0.3, -0.25) is 15.1 Å². The number of fused-ring (bicyclic) bond motifs is 2. The number of hydrogen-bond acceptors (Lipinski definition) is 5. The van der Waals surface area contributed by atoms with Gasteiger partial charge >= 0.3 is 0 Å². The van der Waals surface area contributed by atoms with Gasteiger partial charge in [0.05, 0.1) is 28.8 Å². The molecule has 5 rings (SSSR count). The van der Waals surface area contributed by atoms with E-state index in [4.69, 9.17) is 5.41 Å². The van der Waals surface area contributed by atoms with Crippen LogP contribution in [0.25, 0.3) is 0 Å². The molecular weight excluding hydrogens is 397 g/mol. The summed E-state index contributed by atoms with van der Waals surface area (Å²) < 4.78 is 13.4. The molecule has 158 valence electrons. The van der Waals surface area contributed by atoms with Crippen LogP contribution < -0.4 is 10.6 Å². The molecular formula is C23H22FN5O2. The van der Waals surface area contributed by atoms with Crippen LogP contribution >= 0.6 is 0 Å². The Hall–Kier alpha value is -3.44. The maximum absolute atomic E-state index is 13.4. The third kappa shape index (κ3) is 3.04. The van der Waals surface area contributed by atoms with Gasteiger partial charge < -0.3 is 15.7 Å². The van der Waals surface area contributed by atoms with Crippen molar-refractivity contribution in [1.29, 1.82) is 10.7 Å². The topological polar surface area (TPSA) is 112 Å². The van der Waals surface area contributed by atoms with Gasteiger partial charge in [0.2, 0.25) is 5.91 Å². The van der Waals surface area contributed by atoms with Crippen LogP contribution in [0.4, 0.5) is 15.8 Å². The van der Waals surface area contributed by atoms with Crippen LogP contribution in [-0.2, 0) is 16.8 Å². The van der Waals surface area contributed by atoms with Crippen LogP contribution in [0.3, 0.4) is 0 Å². The predicted octanol–water partition coefficient (Wildman–Crippen LogP) is 2.86. The van der Waals surface area contributed by atoms with E-state index in [-0.39, 0.29) is 29.9 Å². The van der Waals surface area contributed by atoms with Crippen molar-refractivity contribution in [2.24, 2.45) is 0 Å². The first-order valence-electron chi connectivity index (χ1n) is 10.2. The molecule has 0 aromatic heterocycles. The van der Waals surface area contributed by atoms with Crippen molar-refractivity contribution in [2.45, 2.75) is 49.8 Å². The average molecular weight is 419 g/mol. The summed E-state index contributed by atoms with van der Waals surface area (Å²) in [5.41, 5.74) is 2.08. The highest BCUT2D eigenvalue weighted by Gasteiger charge is 2.54. The third-order valence-corrected chi connectivity index (χ3v) is 6.58. The lowest BCUT2D eigenvalue weighted by atomic mass is 9.66. The van der Waals surface area contributed by atoms with Crippen molar-refractivity contribution < 1.29 is 14.3 Å². The summed E-state index contributed by atoms with van der Waals surface area (Å²) in [5.74, 6) is -0.507. The minimum Gasteiger partial charge on any atom is -0.390 e. The Morgan fingerprint density at radius 1 is 1.29 bits per heavy atom. The first-order chi connectivity index (χ1) is 14.7. The molecule has 7 nitrogen and oxygen atoms in total. The lowest BCUT2D eigenvalue weighted by Gasteiger charge is -2.54. The maximum atomic E-state index is 13.4. The predicted molar refractivity (Wildman–Crippen MR) is 112 cm³/mol. The number of aliphatic hydroxyl groups is 1. The maximum Gasteiger partial charge on any atom is 0.232 e. The van der Waals surface area contributed by atoms with E-state index in [9.17, 15) is 19.6 Å². The zero-order chi connectivity index (χ0) is 22.0. The van der Waals surface area contributed by atoms with Crippen molar-refractivity contribution in [2.75, 3.05) is 5.32 Å². The molecule has 31 heavy (non-hydrogen) atoms. The Balaban J connectivity index is 1.39. The highest BCUT2D eigenvalue weighted by molar-refractivity contribution is 6.00. The molecule has 1 saturated carbocycles. The van der Waals surface area contributed by atoms with E-state index in [1.54, 1.807) is 6.92 Å². The standard InChI is InChI=1S/C23H22FN5O2/c1-22(31)8-15(9-22)29-20(30)11-23(28-21(29)26)10-16-17(23)3-2-4-19(16)27-18-6-5-14(24)7-13(18)12-25/h2-7,15,27,31H,8-11H2,1H3,(H2,26,28)/t15-,22+,23-/m0/s1. The Kier molecular flexibility index (Phi) is 4.11. The Morgan fingerprint density at radius 2 is 2.06 bits per heavy atom. The molecule has 1 amide bonds. The van der Waals surface area contributed by atoms with Gasteiger partial charge in [0.15, 0.2) is 5.96 Å². The number of hydrogen-bond donors (Lipinski definition) is 4. The molecule has 1 spiro atoms. The molecule has 2 aliphatic carbocycles. The van der Waals surface area contributed by atoms with E-state index >= 15 is 0 Å². The van der Waals surface area contributed by atoms with Crippen molar-refractivity contribution >= 4 is 23.2 Å². The van der Waals surface area contributed by atoms with E-state index in [1.165, 1.54) is 23.1 Å². The number of anilines is 2. The number of amides is 1. The highest BCUT2D eigenvalue weighted by Crippen LogP contribution is 2.48. The fraction of sp³-hybridized carbons (Fsp3) is 0.348. The van der Waals surface area contributed by atoms with Crippen LogP contribution in [0.15, 0.2) is 36.4 Å². The molecule has 2 aromatic rings. The van der Waals surface area contributed by atoms with Crippen LogP contribution in [0, 0.1) is 22.6 Å². The number of carbonyl (C=O) groups excluding carboxylic acids is 1. The molecule has 2 fully saturated rings. The van der Waals surface area contributed by atoms with Gasteiger partial charge in [-0.25, -0.2) is 4.39 Å². The summed E-state index contributed by atoms with van der Waals surface area (Å²) in [7, 11) is 0. The van der Waals surface area contributed by atoms with Crippen molar-refractivity contribution in [3.8, 4) is 6.07 Å². The zero-order valence-electron chi connectivity index (χ0n) is 17.0. The molecule has 0 unspecified atom stereocenters. The number of guanidine groups is 1. The van der Waals surface area contributed by atoms with Crippen molar-refractivity contribution in [1.82, 2.24) is 10.2 Å².